The summed E-state index contributed by atoms with van der Waals surface area (Å²) in [6, 6.07) is 5.70. The zero-order valence-corrected chi connectivity index (χ0v) is 11.8. The fourth-order valence-corrected chi connectivity index (χ4v) is 3.50. The van der Waals surface area contributed by atoms with E-state index < -0.39 is 12.2 Å². The molecule has 2 aromatic rings. The summed E-state index contributed by atoms with van der Waals surface area (Å²) in [7, 11) is 0. The Labute approximate surface area is 118 Å². The second kappa shape index (κ2) is 4.99. The van der Waals surface area contributed by atoms with E-state index in [2.05, 4.69) is 4.98 Å². The number of hydrogen-bond donors (Lipinski definition) is 1. The predicted octanol–water partition coefficient (Wildman–Crippen LogP) is 2.34. The minimum atomic E-state index is -0.439. The van der Waals surface area contributed by atoms with Crippen molar-refractivity contribution < 1.29 is 14.6 Å². The van der Waals surface area contributed by atoms with Gasteiger partial charge in [0.1, 0.15) is 6.10 Å². The fourth-order valence-electron chi connectivity index (χ4n) is 1.97. The zero-order valence-electron chi connectivity index (χ0n) is 10.2. The number of aromatic nitrogens is 1. The maximum Gasteiger partial charge on any atom is 0.414 e. The largest absolute Gasteiger partial charge is 0.441 e. The number of hydrogen-bond acceptors (Lipinski definition) is 6. The molecule has 1 saturated heterocycles. The van der Waals surface area contributed by atoms with Crippen LogP contribution in [0.1, 0.15) is 0 Å². The lowest BCUT2D eigenvalue weighted by Gasteiger charge is -2.12. The quantitative estimate of drug-likeness (QED) is 0.881. The maximum absolute atomic E-state index is 11.7. The highest BCUT2D eigenvalue weighted by Crippen LogP contribution is 2.32. The van der Waals surface area contributed by atoms with Crippen LogP contribution in [0.15, 0.2) is 22.5 Å². The molecule has 0 aliphatic carbocycles. The second-order valence-electron chi connectivity index (χ2n) is 4.13. The number of rotatable bonds is 3. The van der Waals surface area contributed by atoms with Crippen molar-refractivity contribution in [3.05, 3.63) is 18.2 Å². The van der Waals surface area contributed by atoms with Gasteiger partial charge in [-0.1, -0.05) is 11.8 Å². The van der Waals surface area contributed by atoms with Crippen LogP contribution in [-0.2, 0) is 4.74 Å². The first-order valence-corrected chi connectivity index (χ1v) is 7.79. The molecule has 0 saturated carbocycles. The number of thioether (sulfide) groups is 1. The van der Waals surface area contributed by atoms with Gasteiger partial charge in [0.15, 0.2) is 4.34 Å². The van der Waals surface area contributed by atoms with Crippen molar-refractivity contribution in [2.24, 2.45) is 0 Å². The molecule has 1 N–H and O–H groups in total. The molecule has 3 rings (SSSR count). The number of carbonyl (C=O) groups excluding carboxylic acids is 1. The molecule has 5 nitrogen and oxygen atoms in total. The van der Waals surface area contributed by atoms with Crippen LogP contribution >= 0.6 is 23.1 Å². The number of anilines is 1. The molecule has 2 heterocycles. The van der Waals surface area contributed by atoms with E-state index in [1.54, 1.807) is 28.0 Å². The van der Waals surface area contributed by atoms with Crippen molar-refractivity contribution in [1.29, 1.82) is 0 Å². The lowest BCUT2D eigenvalue weighted by Crippen LogP contribution is -2.25. The van der Waals surface area contributed by atoms with Gasteiger partial charge in [-0.15, -0.1) is 11.3 Å². The van der Waals surface area contributed by atoms with Crippen molar-refractivity contribution in [2.45, 2.75) is 10.4 Å². The van der Waals surface area contributed by atoms with Crippen LogP contribution < -0.4 is 4.90 Å². The normalized spacial score (nSPS) is 19.2. The van der Waals surface area contributed by atoms with Crippen LogP contribution in [0.3, 0.4) is 0 Å². The van der Waals surface area contributed by atoms with Crippen LogP contribution in [0.25, 0.3) is 10.2 Å². The first-order chi connectivity index (χ1) is 9.21. The lowest BCUT2D eigenvalue weighted by molar-refractivity contribution is 0.0963. The summed E-state index contributed by atoms with van der Waals surface area (Å²) in [5.41, 5.74) is 1.72. The molecular formula is C12H12N2O3S2. The Bertz CT molecular complexity index is 628. The van der Waals surface area contributed by atoms with E-state index in [1.165, 1.54) is 0 Å². The maximum atomic E-state index is 11.7. The van der Waals surface area contributed by atoms with Crippen LogP contribution in [0.4, 0.5) is 10.5 Å². The van der Waals surface area contributed by atoms with E-state index in [-0.39, 0.29) is 6.61 Å². The molecule has 1 fully saturated rings. The van der Waals surface area contributed by atoms with E-state index in [1.807, 2.05) is 24.5 Å². The Morgan fingerprint density at radius 1 is 1.63 bits per heavy atom. The number of aliphatic hydroxyl groups is 1. The smallest absolute Gasteiger partial charge is 0.414 e. The lowest BCUT2D eigenvalue weighted by atomic mass is 10.2. The third-order valence-electron chi connectivity index (χ3n) is 2.92. The molecule has 19 heavy (non-hydrogen) atoms. The zero-order chi connectivity index (χ0) is 13.4. The molecule has 1 aliphatic rings. The molecule has 7 heteroatoms. The highest BCUT2D eigenvalue weighted by atomic mass is 32.2. The number of ether oxygens (including phenoxy) is 1. The third-order valence-corrected chi connectivity index (χ3v) is 4.92. The van der Waals surface area contributed by atoms with E-state index in [9.17, 15) is 4.79 Å². The molecule has 0 radical (unpaired) electrons. The molecule has 0 unspecified atom stereocenters. The first-order valence-electron chi connectivity index (χ1n) is 5.75. The van der Waals surface area contributed by atoms with Gasteiger partial charge in [0.25, 0.3) is 0 Å². The number of amides is 1. The second-order valence-corrected chi connectivity index (χ2v) is 6.22. The first kappa shape index (κ1) is 12.7. The SMILES string of the molecule is CSc1nc2ccc(N3C[C@H](CO)OC3=O)cc2s1. The Morgan fingerprint density at radius 3 is 3.16 bits per heavy atom. The highest BCUT2D eigenvalue weighted by Gasteiger charge is 2.31. The summed E-state index contributed by atoms with van der Waals surface area (Å²) >= 11 is 3.21. The summed E-state index contributed by atoms with van der Waals surface area (Å²) in [5.74, 6) is 0. The molecule has 0 spiro atoms. The van der Waals surface area contributed by atoms with E-state index in [4.69, 9.17) is 9.84 Å². The van der Waals surface area contributed by atoms with Crippen molar-refractivity contribution in [3.63, 3.8) is 0 Å². The van der Waals surface area contributed by atoms with Gasteiger partial charge in [0.2, 0.25) is 0 Å². The van der Waals surface area contributed by atoms with Crippen LogP contribution in [0.5, 0.6) is 0 Å². The van der Waals surface area contributed by atoms with Gasteiger partial charge in [0.05, 0.1) is 23.4 Å². The molecule has 0 bridgehead atoms. The summed E-state index contributed by atoms with van der Waals surface area (Å²) in [6.07, 6.45) is 1.14. The Balaban J connectivity index is 1.94. The van der Waals surface area contributed by atoms with Crippen LogP contribution in [0.2, 0.25) is 0 Å². The molecular weight excluding hydrogens is 284 g/mol. The summed E-state index contributed by atoms with van der Waals surface area (Å²) in [5, 5.41) is 9.04. The number of thiazole rings is 1. The van der Waals surface area contributed by atoms with Gasteiger partial charge in [-0.05, 0) is 24.5 Å². The number of cyclic esters (lactones) is 1. The van der Waals surface area contributed by atoms with Gasteiger partial charge in [-0.25, -0.2) is 9.78 Å². The van der Waals surface area contributed by atoms with Gasteiger partial charge in [-0.2, -0.15) is 0 Å². The Morgan fingerprint density at radius 2 is 2.47 bits per heavy atom. The fraction of sp³-hybridized carbons (Fsp3) is 0.333. The Hall–Kier alpha value is -1.31. The van der Waals surface area contributed by atoms with E-state index in [0.717, 1.165) is 20.2 Å². The minimum absolute atomic E-state index is 0.151. The average molecular weight is 296 g/mol. The number of fused-ring (bicyclic) bond motifs is 1. The highest BCUT2D eigenvalue weighted by molar-refractivity contribution is 8.00. The van der Waals surface area contributed by atoms with Crippen LogP contribution in [0, 0.1) is 0 Å². The van der Waals surface area contributed by atoms with Gasteiger partial charge in [-0.3, -0.25) is 4.90 Å². The van der Waals surface area contributed by atoms with Crippen molar-refractivity contribution in [1.82, 2.24) is 4.98 Å². The van der Waals surface area contributed by atoms with Crippen molar-refractivity contribution >= 4 is 45.1 Å². The third kappa shape index (κ3) is 2.29. The molecule has 1 aromatic heterocycles. The summed E-state index contributed by atoms with van der Waals surface area (Å²) < 4.78 is 7.08. The number of aliphatic hydroxyl groups excluding tert-OH is 1. The molecule has 1 atom stereocenters. The molecule has 1 amide bonds. The number of benzene rings is 1. The minimum Gasteiger partial charge on any atom is -0.441 e. The molecule has 1 aliphatic heterocycles. The topological polar surface area (TPSA) is 62.7 Å². The molecule has 100 valence electrons. The number of carbonyl (C=O) groups is 1. The van der Waals surface area contributed by atoms with Gasteiger partial charge < -0.3 is 9.84 Å². The average Bonchev–Trinajstić information content (AvgIpc) is 3.00. The molecule has 1 aromatic carbocycles. The number of nitrogens with zero attached hydrogens (tertiary/aromatic N) is 2. The van der Waals surface area contributed by atoms with Gasteiger partial charge >= 0.3 is 6.09 Å². The standard InChI is InChI=1S/C12H12N2O3S2/c1-18-11-13-9-3-2-7(4-10(9)19-11)14-5-8(6-15)17-12(14)16/h2-4,8,15H,5-6H2,1H3/t8-/m1/s1. The van der Waals surface area contributed by atoms with Crippen LogP contribution in [-0.4, -0.2) is 41.7 Å². The summed E-state index contributed by atoms with van der Waals surface area (Å²) in [6.45, 7) is 0.233. The van der Waals surface area contributed by atoms with Crippen molar-refractivity contribution in [3.8, 4) is 0 Å². The van der Waals surface area contributed by atoms with Gasteiger partial charge in [0, 0.05) is 5.69 Å². The monoisotopic (exact) mass is 296 g/mol. The Kier molecular flexibility index (Phi) is 3.34. The summed E-state index contributed by atoms with van der Waals surface area (Å²) in [4.78, 5) is 17.7. The van der Waals surface area contributed by atoms with E-state index >= 15 is 0 Å². The van der Waals surface area contributed by atoms with Crippen molar-refractivity contribution in [2.75, 3.05) is 24.3 Å². The van der Waals surface area contributed by atoms with E-state index in [0.29, 0.717) is 6.54 Å². The predicted molar refractivity (Wildman–Crippen MR) is 76.1 cm³/mol.